The number of hydrogen-bond donors (Lipinski definition) is 3. The highest BCUT2D eigenvalue weighted by Crippen LogP contribution is 2.31. The Morgan fingerprint density at radius 2 is 1.74 bits per heavy atom. The summed E-state index contributed by atoms with van der Waals surface area (Å²) in [5, 5.41) is 15.9. The molecule has 0 unspecified atom stereocenters. The number of aromatic nitrogens is 2. The molecule has 0 fully saturated rings. The number of halogens is 4. The summed E-state index contributed by atoms with van der Waals surface area (Å²) in [5.41, 5.74) is 2.76. The summed E-state index contributed by atoms with van der Waals surface area (Å²) in [6.45, 7) is -1.48. The summed E-state index contributed by atoms with van der Waals surface area (Å²) in [7, 11) is -4.63. The Balaban J connectivity index is 1.74. The molecule has 9 nitrogen and oxygen atoms in total. The van der Waals surface area contributed by atoms with Gasteiger partial charge in [0.25, 0.3) is 16.0 Å². The van der Waals surface area contributed by atoms with Gasteiger partial charge >= 0.3 is 6.18 Å². The largest absolute Gasteiger partial charge is 0.421 e. The zero-order valence-electron chi connectivity index (χ0n) is 18.1. The van der Waals surface area contributed by atoms with Crippen molar-refractivity contribution in [1.29, 1.82) is 0 Å². The van der Waals surface area contributed by atoms with Crippen LogP contribution in [0, 0.1) is 12.7 Å². The van der Waals surface area contributed by atoms with E-state index in [1.165, 1.54) is 24.3 Å². The van der Waals surface area contributed by atoms with Crippen molar-refractivity contribution in [3.8, 4) is 5.69 Å². The smallest absolute Gasteiger partial charge is 0.383 e. The average molecular weight is 516 g/mol. The average Bonchev–Trinajstić information content (AvgIpc) is 3.17. The Kier molecular flexibility index (Phi) is 7.19. The molecule has 14 heteroatoms. The van der Waals surface area contributed by atoms with E-state index in [2.05, 4.69) is 9.28 Å². The minimum absolute atomic E-state index is 0.261. The van der Waals surface area contributed by atoms with Crippen LogP contribution in [0.1, 0.15) is 15.9 Å². The molecule has 35 heavy (non-hydrogen) atoms. The highest BCUT2D eigenvalue weighted by Gasteiger charge is 2.55. The standard InChI is InChI=1S/C21H20F4N4O5S/c1-13-2-8-16(9-3-13)35(32,33)34-12-20(31,21(23,24)25)11-27-19(30)17-10-28-29(18(17)26)15-6-4-14(22)5-7-15/h2-10,31H,11-12,26H2,1H3,(H,27,30)/t20-/m0/s1. The molecule has 3 rings (SSSR count). The van der Waals surface area contributed by atoms with Crippen molar-refractivity contribution in [2.75, 3.05) is 18.9 Å². The fraction of sp³-hybridized carbons (Fsp3) is 0.238. The van der Waals surface area contributed by atoms with Gasteiger partial charge in [-0.1, -0.05) is 17.7 Å². The molecule has 1 aromatic heterocycles. The zero-order valence-corrected chi connectivity index (χ0v) is 18.9. The number of rotatable bonds is 8. The fourth-order valence-electron chi connectivity index (χ4n) is 2.82. The molecule has 0 spiro atoms. The van der Waals surface area contributed by atoms with Gasteiger partial charge in [-0.05, 0) is 43.3 Å². The highest BCUT2D eigenvalue weighted by molar-refractivity contribution is 7.86. The molecule has 3 aromatic rings. The van der Waals surface area contributed by atoms with Crippen molar-refractivity contribution in [2.24, 2.45) is 0 Å². The topological polar surface area (TPSA) is 137 Å². The lowest BCUT2D eigenvalue weighted by molar-refractivity contribution is -0.264. The second kappa shape index (κ2) is 9.64. The fourth-order valence-corrected chi connectivity index (χ4v) is 3.78. The molecule has 0 aliphatic heterocycles. The van der Waals surface area contributed by atoms with E-state index in [1.807, 2.05) is 5.32 Å². The number of benzene rings is 2. The number of carbonyl (C=O) groups excluding carboxylic acids is 1. The Hall–Kier alpha value is -3.49. The summed E-state index contributed by atoms with van der Waals surface area (Å²) in [6, 6.07) is 9.98. The van der Waals surface area contributed by atoms with E-state index in [1.54, 1.807) is 6.92 Å². The molecule has 1 heterocycles. The van der Waals surface area contributed by atoms with Gasteiger partial charge in [0.15, 0.2) is 0 Å². The first-order valence-corrected chi connectivity index (χ1v) is 11.3. The van der Waals surface area contributed by atoms with Gasteiger partial charge in [0.2, 0.25) is 5.60 Å². The first kappa shape index (κ1) is 26.1. The monoisotopic (exact) mass is 516 g/mol. The van der Waals surface area contributed by atoms with Crippen molar-refractivity contribution >= 4 is 21.8 Å². The number of anilines is 1. The number of carbonyl (C=O) groups is 1. The van der Waals surface area contributed by atoms with Gasteiger partial charge in [-0.3, -0.25) is 8.98 Å². The Morgan fingerprint density at radius 3 is 2.31 bits per heavy atom. The molecule has 0 aliphatic rings. The van der Waals surface area contributed by atoms with Crippen molar-refractivity contribution in [2.45, 2.75) is 23.6 Å². The van der Waals surface area contributed by atoms with E-state index in [0.717, 1.165) is 35.1 Å². The molecule has 2 aromatic carbocycles. The van der Waals surface area contributed by atoms with Crippen LogP contribution >= 0.6 is 0 Å². The maximum atomic E-state index is 13.6. The summed E-state index contributed by atoms with van der Waals surface area (Å²) in [6.07, 6.45) is -4.40. The quantitative estimate of drug-likeness (QED) is 0.309. The van der Waals surface area contributed by atoms with Gasteiger partial charge in [0.1, 0.15) is 23.8 Å². The summed E-state index contributed by atoms with van der Waals surface area (Å²) < 4.78 is 83.8. The number of nitrogens with one attached hydrogen (secondary N) is 1. The maximum Gasteiger partial charge on any atom is 0.421 e. The van der Waals surface area contributed by atoms with Crippen LogP contribution in [0.25, 0.3) is 5.69 Å². The van der Waals surface area contributed by atoms with Crippen LogP contribution in [0.2, 0.25) is 0 Å². The van der Waals surface area contributed by atoms with Crippen LogP contribution in [0.15, 0.2) is 59.6 Å². The van der Waals surface area contributed by atoms with Gasteiger partial charge in [-0.25, -0.2) is 9.07 Å². The lowest BCUT2D eigenvalue weighted by atomic mass is 10.1. The molecule has 0 bridgehead atoms. The summed E-state index contributed by atoms with van der Waals surface area (Å²) >= 11 is 0. The number of aliphatic hydroxyl groups is 1. The minimum Gasteiger partial charge on any atom is -0.383 e. The predicted molar refractivity (Wildman–Crippen MR) is 116 cm³/mol. The van der Waals surface area contributed by atoms with E-state index < -0.39 is 51.7 Å². The first-order chi connectivity index (χ1) is 16.2. The molecule has 4 N–H and O–H groups in total. The van der Waals surface area contributed by atoms with E-state index in [9.17, 15) is 35.9 Å². The van der Waals surface area contributed by atoms with Crippen LogP contribution < -0.4 is 11.1 Å². The van der Waals surface area contributed by atoms with Crippen LogP contribution in [-0.4, -0.2) is 54.1 Å². The normalized spacial score (nSPS) is 13.9. The number of nitrogens with two attached hydrogens (primary N) is 1. The Bertz CT molecular complexity index is 1310. The molecule has 0 aliphatic carbocycles. The molecule has 0 radical (unpaired) electrons. The molecule has 188 valence electrons. The molecular weight excluding hydrogens is 496 g/mol. The zero-order chi connectivity index (χ0) is 26.0. The molecule has 1 atom stereocenters. The maximum absolute atomic E-state index is 13.6. The van der Waals surface area contributed by atoms with Crippen LogP contribution in [0.3, 0.4) is 0 Å². The second-order valence-corrected chi connectivity index (χ2v) is 9.19. The van der Waals surface area contributed by atoms with Crippen molar-refractivity contribution in [1.82, 2.24) is 15.1 Å². The van der Waals surface area contributed by atoms with Gasteiger partial charge in [-0.15, -0.1) is 0 Å². The third kappa shape index (κ3) is 5.78. The van der Waals surface area contributed by atoms with Gasteiger partial charge in [-0.2, -0.15) is 26.7 Å². The number of nitrogens with zero attached hydrogens (tertiary/aromatic N) is 2. The highest BCUT2D eigenvalue weighted by atomic mass is 32.2. The number of aryl methyl sites for hydroxylation is 1. The minimum atomic E-state index is -5.37. The van der Waals surface area contributed by atoms with Crippen LogP contribution in [-0.2, 0) is 14.3 Å². The van der Waals surface area contributed by atoms with Gasteiger partial charge < -0.3 is 16.2 Å². The molecular formula is C21H20F4N4O5S. The van der Waals surface area contributed by atoms with Crippen molar-refractivity contribution < 1.29 is 40.1 Å². The van der Waals surface area contributed by atoms with Gasteiger partial charge in [0.05, 0.1) is 23.3 Å². The van der Waals surface area contributed by atoms with E-state index in [-0.39, 0.29) is 17.1 Å². The predicted octanol–water partition coefficient (Wildman–Crippen LogP) is 2.33. The number of amides is 1. The summed E-state index contributed by atoms with van der Waals surface area (Å²) in [5.74, 6) is -1.92. The van der Waals surface area contributed by atoms with Gasteiger partial charge in [0, 0.05) is 0 Å². The van der Waals surface area contributed by atoms with E-state index in [0.29, 0.717) is 5.56 Å². The summed E-state index contributed by atoms with van der Waals surface area (Å²) in [4.78, 5) is 12.0. The van der Waals surface area contributed by atoms with Crippen LogP contribution in [0.5, 0.6) is 0 Å². The first-order valence-electron chi connectivity index (χ1n) is 9.86. The second-order valence-electron chi connectivity index (χ2n) is 7.57. The van der Waals surface area contributed by atoms with E-state index in [4.69, 9.17) is 5.73 Å². The Morgan fingerprint density at radius 1 is 1.14 bits per heavy atom. The molecule has 0 saturated carbocycles. The van der Waals surface area contributed by atoms with Crippen molar-refractivity contribution in [3.05, 3.63) is 71.7 Å². The number of hydrogen-bond acceptors (Lipinski definition) is 7. The lowest BCUT2D eigenvalue weighted by Gasteiger charge is -2.30. The molecule has 1 amide bonds. The Labute approximate surface area is 197 Å². The van der Waals surface area contributed by atoms with Crippen LogP contribution in [0.4, 0.5) is 23.4 Å². The third-order valence-electron chi connectivity index (χ3n) is 4.95. The number of alkyl halides is 3. The lowest BCUT2D eigenvalue weighted by Crippen LogP contribution is -2.57. The third-order valence-corrected chi connectivity index (χ3v) is 6.23. The SMILES string of the molecule is Cc1ccc(S(=O)(=O)OC[C@@](O)(CNC(=O)c2cnn(-c3ccc(F)cc3)c2N)C(F)(F)F)cc1. The molecule has 0 saturated heterocycles. The van der Waals surface area contributed by atoms with E-state index >= 15 is 0 Å². The van der Waals surface area contributed by atoms with Crippen molar-refractivity contribution in [3.63, 3.8) is 0 Å². The number of nitrogen functional groups attached to an aromatic ring is 1.